The van der Waals surface area contributed by atoms with Gasteiger partial charge in [0.05, 0.1) is 27.8 Å². The lowest BCUT2D eigenvalue weighted by Crippen LogP contribution is -2.27. The molecule has 0 unspecified atom stereocenters. The summed E-state index contributed by atoms with van der Waals surface area (Å²) in [6, 6.07) is 13.7. The highest BCUT2D eigenvalue weighted by atomic mass is 32.2. The first-order chi connectivity index (χ1) is 15.8. The molecule has 2 aliphatic rings. The van der Waals surface area contributed by atoms with Crippen molar-refractivity contribution in [3.05, 3.63) is 70.9 Å². The summed E-state index contributed by atoms with van der Waals surface area (Å²) in [5.74, 6) is 0.816. The molecule has 8 nitrogen and oxygen atoms in total. The first-order valence-corrected chi connectivity index (χ1v) is 13.7. The second-order valence-electron chi connectivity index (χ2n) is 8.34. The van der Waals surface area contributed by atoms with E-state index in [2.05, 4.69) is 10.4 Å². The molecule has 2 aliphatic heterocycles. The number of aromatic nitrogens is 2. The minimum Gasteiger partial charge on any atom is -0.306 e. The molecule has 1 aromatic heterocycles. The van der Waals surface area contributed by atoms with Crippen LogP contribution in [0.3, 0.4) is 0 Å². The second kappa shape index (κ2) is 8.51. The van der Waals surface area contributed by atoms with Gasteiger partial charge in [0.2, 0.25) is 10.0 Å². The van der Waals surface area contributed by atoms with Gasteiger partial charge in [-0.05, 0) is 56.2 Å². The van der Waals surface area contributed by atoms with E-state index in [1.165, 1.54) is 28.6 Å². The highest BCUT2D eigenvalue weighted by Crippen LogP contribution is 2.32. The number of carbonyl (C=O) groups excluding carboxylic acids is 1. The van der Waals surface area contributed by atoms with Crippen LogP contribution in [0.5, 0.6) is 0 Å². The quantitative estimate of drug-likeness (QED) is 0.600. The first-order valence-electron chi connectivity index (χ1n) is 10.8. The van der Waals surface area contributed by atoms with Crippen LogP contribution in [-0.2, 0) is 32.3 Å². The zero-order valence-electron chi connectivity index (χ0n) is 18.2. The van der Waals surface area contributed by atoms with Gasteiger partial charge < -0.3 is 5.32 Å². The third kappa shape index (κ3) is 4.14. The van der Waals surface area contributed by atoms with Crippen molar-refractivity contribution in [2.75, 3.05) is 18.4 Å². The molecule has 0 radical (unpaired) electrons. The minimum absolute atomic E-state index is 0.182. The number of hydrogen-bond donors (Lipinski definition) is 1. The third-order valence-corrected chi connectivity index (χ3v) is 9.12. The Bertz CT molecular complexity index is 1340. The summed E-state index contributed by atoms with van der Waals surface area (Å²) in [4.78, 5) is 13.2. The summed E-state index contributed by atoms with van der Waals surface area (Å²) >= 11 is 0. The number of hydrogen-bond acceptors (Lipinski definition) is 5. The van der Waals surface area contributed by atoms with Crippen molar-refractivity contribution < 1.29 is 17.4 Å². The zero-order valence-corrected chi connectivity index (χ0v) is 19.8. The van der Waals surface area contributed by atoms with Gasteiger partial charge in [-0.25, -0.2) is 13.1 Å². The predicted octanol–water partition coefficient (Wildman–Crippen LogP) is 2.98. The number of sulfonamides is 1. The van der Waals surface area contributed by atoms with Crippen molar-refractivity contribution in [2.45, 2.75) is 36.2 Å². The Morgan fingerprint density at radius 2 is 1.67 bits per heavy atom. The van der Waals surface area contributed by atoms with Gasteiger partial charge in [0.1, 0.15) is 5.82 Å². The molecule has 1 N–H and O–H groups in total. The summed E-state index contributed by atoms with van der Waals surface area (Å²) in [6.45, 7) is 3.05. The van der Waals surface area contributed by atoms with Gasteiger partial charge in [-0.1, -0.05) is 17.7 Å². The molecule has 1 atom stereocenters. The molecule has 33 heavy (non-hydrogen) atoms. The topological polar surface area (TPSA) is 101 Å². The Kier molecular flexibility index (Phi) is 5.67. The van der Waals surface area contributed by atoms with Gasteiger partial charge >= 0.3 is 0 Å². The molecule has 0 bridgehead atoms. The van der Waals surface area contributed by atoms with Gasteiger partial charge in [0.15, 0.2) is 0 Å². The molecule has 10 heteroatoms. The van der Waals surface area contributed by atoms with E-state index in [0.717, 1.165) is 35.3 Å². The Morgan fingerprint density at radius 3 is 2.33 bits per heavy atom. The maximum absolute atomic E-state index is 13.1. The molecule has 5 rings (SSSR count). The highest BCUT2D eigenvalue weighted by Gasteiger charge is 2.29. The van der Waals surface area contributed by atoms with Crippen molar-refractivity contribution in [1.29, 1.82) is 0 Å². The average molecular weight is 485 g/mol. The Morgan fingerprint density at radius 1 is 1.00 bits per heavy atom. The number of rotatable bonds is 5. The third-order valence-electron chi connectivity index (χ3n) is 6.00. The summed E-state index contributed by atoms with van der Waals surface area (Å²) < 4.78 is 40.7. The average Bonchev–Trinajstić information content (AvgIpc) is 3.53. The molecule has 0 saturated carbocycles. The number of fused-ring (bicyclic) bond motifs is 1. The number of amides is 1. The van der Waals surface area contributed by atoms with Crippen LogP contribution in [0.1, 0.15) is 40.0 Å². The van der Waals surface area contributed by atoms with Crippen molar-refractivity contribution in [3.63, 3.8) is 0 Å². The van der Waals surface area contributed by atoms with Gasteiger partial charge in [-0.15, -0.1) is 0 Å². The molecule has 1 amide bonds. The fourth-order valence-electron chi connectivity index (χ4n) is 4.16. The molecule has 172 valence electrons. The molecule has 1 fully saturated rings. The molecule has 0 aliphatic carbocycles. The maximum atomic E-state index is 13.1. The number of nitrogens with one attached hydrogen (secondary N) is 1. The van der Waals surface area contributed by atoms with E-state index in [0.29, 0.717) is 36.0 Å². The number of carbonyl (C=O) groups is 1. The van der Waals surface area contributed by atoms with Crippen LogP contribution < -0.4 is 5.32 Å². The van der Waals surface area contributed by atoms with Gasteiger partial charge in [0, 0.05) is 35.0 Å². The summed E-state index contributed by atoms with van der Waals surface area (Å²) in [5.41, 5.74) is 3.73. The summed E-state index contributed by atoms with van der Waals surface area (Å²) in [6.07, 6.45) is 1.73. The van der Waals surface area contributed by atoms with E-state index < -0.39 is 20.8 Å². The molecule has 3 aromatic rings. The molecular weight excluding hydrogens is 460 g/mol. The molecule has 1 saturated heterocycles. The zero-order chi connectivity index (χ0) is 23.2. The smallest absolute Gasteiger partial charge is 0.256 e. The van der Waals surface area contributed by atoms with E-state index >= 15 is 0 Å². The number of benzene rings is 2. The lowest BCUT2D eigenvalue weighted by Gasteiger charge is -2.15. The lowest BCUT2D eigenvalue weighted by molar-refractivity contribution is 0.102. The summed E-state index contributed by atoms with van der Waals surface area (Å²) in [5, 5.41) is 7.52. The van der Waals surface area contributed by atoms with Crippen molar-refractivity contribution in [3.8, 4) is 5.69 Å². The Hall–Kier alpha value is -2.82. The highest BCUT2D eigenvalue weighted by molar-refractivity contribution is 7.89. The van der Waals surface area contributed by atoms with Crippen molar-refractivity contribution in [1.82, 2.24) is 14.1 Å². The number of nitrogens with zero attached hydrogens (tertiary/aromatic N) is 3. The van der Waals surface area contributed by atoms with E-state index in [4.69, 9.17) is 0 Å². The van der Waals surface area contributed by atoms with Crippen LogP contribution in [0.25, 0.3) is 5.69 Å². The molecular formula is C23H24N4O4S2. The lowest BCUT2D eigenvalue weighted by atomic mass is 10.2. The minimum atomic E-state index is -3.54. The second-order valence-corrected chi connectivity index (χ2v) is 11.7. The normalized spacial score (nSPS) is 18.4. The van der Waals surface area contributed by atoms with E-state index in [9.17, 15) is 17.4 Å². The van der Waals surface area contributed by atoms with Gasteiger partial charge in [0.25, 0.3) is 5.91 Å². The van der Waals surface area contributed by atoms with Crippen LogP contribution in [0.15, 0.2) is 53.4 Å². The molecule has 2 aromatic carbocycles. The van der Waals surface area contributed by atoms with E-state index in [1.807, 2.05) is 31.2 Å². The first kappa shape index (κ1) is 22.0. The van der Waals surface area contributed by atoms with Crippen LogP contribution in [-0.4, -0.2) is 45.7 Å². The standard InChI is InChI=1S/C23H24N4O4S2/c1-16-4-8-18(9-5-16)27-22(20-14-32(29)15-21(20)25-27)24-23(28)17-6-10-19(11-7-17)33(30,31)26-12-2-3-13-26/h4-11H,2-3,12-15H2,1H3,(H,24,28)/t32-/m1/s1. The number of anilines is 1. The van der Waals surface area contributed by atoms with Crippen molar-refractivity contribution >= 4 is 32.5 Å². The van der Waals surface area contributed by atoms with Crippen LogP contribution in [0, 0.1) is 6.92 Å². The van der Waals surface area contributed by atoms with Crippen LogP contribution in [0.2, 0.25) is 0 Å². The number of aryl methyl sites for hydroxylation is 1. The molecule has 3 heterocycles. The SMILES string of the molecule is Cc1ccc(-n2nc3c(c2NC(=O)c2ccc(S(=O)(=O)N4CCCC4)cc2)C[S@@](=O)C3)cc1. The van der Waals surface area contributed by atoms with Crippen LogP contribution >= 0.6 is 0 Å². The molecule has 0 spiro atoms. The fraction of sp³-hybridized carbons (Fsp3) is 0.304. The monoisotopic (exact) mass is 484 g/mol. The van der Waals surface area contributed by atoms with E-state index in [1.54, 1.807) is 4.68 Å². The van der Waals surface area contributed by atoms with Crippen molar-refractivity contribution in [2.24, 2.45) is 0 Å². The Labute approximate surface area is 195 Å². The maximum Gasteiger partial charge on any atom is 0.256 e. The predicted molar refractivity (Wildman–Crippen MR) is 126 cm³/mol. The van der Waals surface area contributed by atoms with E-state index in [-0.39, 0.29) is 10.8 Å². The van der Waals surface area contributed by atoms with Gasteiger partial charge in [-0.2, -0.15) is 9.40 Å². The summed E-state index contributed by atoms with van der Waals surface area (Å²) in [7, 11) is -4.58. The van der Waals surface area contributed by atoms with Gasteiger partial charge in [-0.3, -0.25) is 9.00 Å². The van der Waals surface area contributed by atoms with Crippen LogP contribution in [0.4, 0.5) is 5.82 Å². The Balaban J connectivity index is 1.43. The fourth-order valence-corrected chi connectivity index (χ4v) is 6.95. The largest absolute Gasteiger partial charge is 0.306 e.